The lowest BCUT2D eigenvalue weighted by molar-refractivity contribution is -0.124. The molecule has 0 unspecified atom stereocenters. The number of carbonyl (C=O) groups is 1. The van der Waals surface area contributed by atoms with E-state index in [1.54, 1.807) is 0 Å². The van der Waals surface area contributed by atoms with Crippen molar-refractivity contribution in [2.75, 3.05) is 0 Å². The molecule has 0 bridgehead atoms. The Hall–Kier alpha value is -0.770. The zero-order chi connectivity index (χ0) is 12.9. The summed E-state index contributed by atoms with van der Waals surface area (Å²) in [6.07, 6.45) is 12.1. The van der Waals surface area contributed by atoms with Gasteiger partial charge in [0.1, 0.15) is 5.78 Å². The molecule has 0 saturated heterocycles. The fraction of sp³-hybridized carbons (Fsp3) is 0.812. The highest BCUT2D eigenvalue weighted by molar-refractivity contribution is 5.81. The predicted octanol–water partition coefficient (Wildman–Crippen LogP) is 4.21. The van der Waals surface area contributed by atoms with Gasteiger partial charge in [-0.2, -0.15) is 0 Å². The summed E-state index contributed by atoms with van der Waals surface area (Å²) in [5.41, 5.74) is 0.400. The van der Waals surface area contributed by atoms with Crippen LogP contribution in [0.3, 0.4) is 0 Å². The molecule has 17 heavy (non-hydrogen) atoms. The number of carbonyl (C=O) groups excluding carboxylic acids is 1. The van der Waals surface area contributed by atoms with Gasteiger partial charge >= 0.3 is 0 Å². The molecule has 0 radical (unpaired) electrons. The minimum Gasteiger partial charge on any atom is -0.299 e. The molecule has 0 spiro atoms. The number of rotatable bonds is 4. The second-order valence-corrected chi connectivity index (χ2v) is 6.44. The van der Waals surface area contributed by atoms with Crippen LogP contribution in [0.25, 0.3) is 0 Å². The summed E-state index contributed by atoms with van der Waals surface area (Å²) in [6.45, 7) is 6.94. The summed E-state index contributed by atoms with van der Waals surface area (Å²) < 4.78 is 0. The number of ketones is 1. The van der Waals surface area contributed by atoms with Gasteiger partial charge in [0.05, 0.1) is 0 Å². The van der Waals surface area contributed by atoms with Crippen molar-refractivity contribution in [2.45, 2.75) is 65.7 Å². The molecule has 0 heterocycles. The molecule has 0 aliphatic heterocycles. The van der Waals surface area contributed by atoms with Crippen LogP contribution in [-0.4, -0.2) is 5.78 Å². The fourth-order valence-electron chi connectivity index (χ4n) is 2.85. The molecule has 1 saturated carbocycles. The van der Waals surface area contributed by atoms with Crippen LogP contribution in [0.4, 0.5) is 0 Å². The quantitative estimate of drug-likeness (QED) is 0.526. The Morgan fingerprint density at radius 1 is 1.24 bits per heavy atom. The SMILES string of the molecule is C#CCCCC(=O)C1CCC(C(C)(C)C)CC1. The number of hydrogen-bond donors (Lipinski definition) is 0. The van der Waals surface area contributed by atoms with Crippen molar-refractivity contribution in [2.24, 2.45) is 17.3 Å². The van der Waals surface area contributed by atoms with Crippen LogP contribution in [0.1, 0.15) is 65.7 Å². The molecule has 0 aromatic rings. The van der Waals surface area contributed by atoms with Gasteiger partial charge < -0.3 is 0 Å². The minimum atomic E-state index is 0.325. The second-order valence-electron chi connectivity index (χ2n) is 6.44. The van der Waals surface area contributed by atoms with Gasteiger partial charge in [0, 0.05) is 18.8 Å². The van der Waals surface area contributed by atoms with Crippen LogP contribution in [0.2, 0.25) is 0 Å². The van der Waals surface area contributed by atoms with E-state index in [0.717, 1.165) is 31.6 Å². The van der Waals surface area contributed by atoms with Gasteiger partial charge in [0.25, 0.3) is 0 Å². The first-order chi connectivity index (χ1) is 7.95. The van der Waals surface area contributed by atoms with Gasteiger partial charge in [-0.05, 0) is 43.4 Å². The fourth-order valence-corrected chi connectivity index (χ4v) is 2.85. The molecule has 1 aliphatic rings. The molecule has 1 aliphatic carbocycles. The Bertz CT molecular complexity index is 282. The third-order valence-electron chi connectivity index (χ3n) is 4.15. The Kier molecular flexibility index (Phi) is 5.25. The Labute approximate surface area is 106 Å². The normalized spacial score (nSPS) is 25.3. The van der Waals surface area contributed by atoms with Crippen LogP contribution in [-0.2, 0) is 4.79 Å². The van der Waals surface area contributed by atoms with Crippen LogP contribution < -0.4 is 0 Å². The lowest BCUT2D eigenvalue weighted by atomic mass is 9.69. The average molecular weight is 234 g/mol. The predicted molar refractivity (Wildman–Crippen MR) is 72.6 cm³/mol. The van der Waals surface area contributed by atoms with E-state index in [1.165, 1.54) is 12.8 Å². The summed E-state index contributed by atoms with van der Waals surface area (Å²) in [5.74, 6) is 4.17. The molecule has 1 heteroatoms. The first-order valence-corrected chi connectivity index (χ1v) is 6.91. The van der Waals surface area contributed by atoms with E-state index in [4.69, 9.17) is 6.42 Å². The summed E-state index contributed by atoms with van der Waals surface area (Å²) in [7, 11) is 0. The van der Waals surface area contributed by atoms with E-state index >= 15 is 0 Å². The molecular weight excluding hydrogens is 208 g/mol. The van der Waals surface area contributed by atoms with E-state index in [9.17, 15) is 4.79 Å². The van der Waals surface area contributed by atoms with Crippen LogP contribution in [0.5, 0.6) is 0 Å². The Morgan fingerprint density at radius 2 is 1.82 bits per heavy atom. The highest BCUT2D eigenvalue weighted by atomic mass is 16.1. The largest absolute Gasteiger partial charge is 0.299 e. The molecule has 0 aromatic heterocycles. The van der Waals surface area contributed by atoms with Crippen molar-refractivity contribution in [3.05, 3.63) is 0 Å². The monoisotopic (exact) mass is 234 g/mol. The van der Waals surface area contributed by atoms with Crippen LogP contribution in [0.15, 0.2) is 0 Å². The maximum atomic E-state index is 12.0. The van der Waals surface area contributed by atoms with Crippen molar-refractivity contribution in [3.8, 4) is 12.3 Å². The van der Waals surface area contributed by atoms with Crippen LogP contribution >= 0.6 is 0 Å². The van der Waals surface area contributed by atoms with Gasteiger partial charge in [-0.3, -0.25) is 4.79 Å². The maximum absolute atomic E-state index is 12.0. The van der Waals surface area contributed by atoms with Gasteiger partial charge in [-0.15, -0.1) is 12.3 Å². The molecule has 0 N–H and O–H groups in total. The molecule has 0 aromatic carbocycles. The number of hydrogen-bond acceptors (Lipinski definition) is 1. The smallest absolute Gasteiger partial charge is 0.136 e. The Balaban J connectivity index is 2.32. The van der Waals surface area contributed by atoms with Crippen molar-refractivity contribution in [1.82, 2.24) is 0 Å². The number of terminal acetylenes is 1. The Morgan fingerprint density at radius 3 is 2.29 bits per heavy atom. The van der Waals surface area contributed by atoms with Crippen molar-refractivity contribution in [3.63, 3.8) is 0 Å². The van der Waals surface area contributed by atoms with Crippen molar-refractivity contribution >= 4 is 5.78 Å². The first kappa shape index (κ1) is 14.3. The van der Waals surface area contributed by atoms with E-state index in [1.807, 2.05) is 0 Å². The topological polar surface area (TPSA) is 17.1 Å². The standard InChI is InChI=1S/C16H26O/c1-5-6-7-8-15(17)13-9-11-14(12-10-13)16(2,3)4/h1,13-14H,6-12H2,2-4H3. The highest BCUT2D eigenvalue weighted by Gasteiger charge is 2.31. The maximum Gasteiger partial charge on any atom is 0.136 e. The van der Waals surface area contributed by atoms with Gasteiger partial charge in [-0.25, -0.2) is 0 Å². The third-order valence-corrected chi connectivity index (χ3v) is 4.15. The molecule has 1 rings (SSSR count). The first-order valence-electron chi connectivity index (χ1n) is 6.91. The number of unbranched alkanes of at least 4 members (excludes halogenated alkanes) is 1. The lowest BCUT2D eigenvalue weighted by Crippen LogP contribution is -2.28. The lowest BCUT2D eigenvalue weighted by Gasteiger charge is -2.36. The zero-order valence-electron chi connectivity index (χ0n) is 11.6. The minimum absolute atomic E-state index is 0.325. The van der Waals surface area contributed by atoms with Crippen molar-refractivity contribution < 1.29 is 4.79 Å². The van der Waals surface area contributed by atoms with Crippen LogP contribution in [0, 0.1) is 29.6 Å². The molecule has 96 valence electrons. The van der Waals surface area contributed by atoms with Gasteiger partial charge in [0.15, 0.2) is 0 Å². The van der Waals surface area contributed by atoms with Gasteiger partial charge in [0.2, 0.25) is 0 Å². The second kappa shape index (κ2) is 6.24. The summed E-state index contributed by atoms with van der Waals surface area (Å²) in [6, 6.07) is 0. The molecule has 1 fully saturated rings. The molecule has 0 amide bonds. The van der Waals surface area contributed by atoms with Crippen molar-refractivity contribution in [1.29, 1.82) is 0 Å². The number of Topliss-reactive ketones (excluding diaryl/α,β-unsaturated/α-hetero) is 1. The van der Waals surface area contributed by atoms with E-state index < -0.39 is 0 Å². The highest BCUT2D eigenvalue weighted by Crippen LogP contribution is 2.40. The third kappa shape index (κ3) is 4.54. The van der Waals surface area contributed by atoms with Gasteiger partial charge in [-0.1, -0.05) is 20.8 Å². The average Bonchev–Trinajstić information content (AvgIpc) is 2.28. The van der Waals surface area contributed by atoms with E-state index in [0.29, 0.717) is 23.5 Å². The van der Waals surface area contributed by atoms with E-state index in [2.05, 4.69) is 26.7 Å². The van der Waals surface area contributed by atoms with E-state index in [-0.39, 0.29) is 0 Å². The summed E-state index contributed by atoms with van der Waals surface area (Å²) in [5, 5.41) is 0. The zero-order valence-corrected chi connectivity index (χ0v) is 11.6. The summed E-state index contributed by atoms with van der Waals surface area (Å²) in [4.78, 5) is 12.0. The molecule has 0 atom stereocenters. The molecule has 1 nitrogen and oxygen atoms in total. The molecular formula is C16H26O. The summed E-state index contributed by atoms with van der Waals surface area (Å²) >= 11 is 0.